The summed E-state index contributed by atoms with van der Waals surface area (Å²) >= 11 is 0. The number of fused-ring (bicyclic) bond motifs is 5. The monoisotopic (exact) mass is 526 g/mol. The number of ketones is 1. The van der Waals surface area contributed by atoms with E-state index in [2.05, 4.69) is 26.8 Å². The molecule has 0 saturated heterocycles. The van der Waals surface area contributed by atoms with Gasteiger partial charge in [0.2, 0.25) is 0 Å². The number of Topliss-reactive ketones (excluding diaryl/α,β-unsaturated/α-hetero) is 1. The third kappa shape index (κ3) is 4.91. The Kier molecular flexibility index (Phi) is 7.73. The average molecular weight is 527 g/mol. The molecule has 3 fully saturated rings. The van der Waals surface area contributed by atoms with Crippen LogP contribution in [0.1, 0.15) is 98.8 Å². The molecule has 0 heterocycles. The topological polar surface area (TPSA) is 63.6 Å². The molecular weight excluding hydrogens is 481 g/mol. The lowest BCUT2D eigenvalue weighted by Crippen LogP contribution is -2.49. The number of carbonyl (C=O) groups excluding carboxylic acids is 2. The minimum absolute atomic E-state index is 0.00309. The molecule has 3 unspecified atom stereocenters. The van der Waals surface area contributed by atoms with E-state index < -0.39 is 23.7 Å². The number of esters is 1. The fourth-order valence-electron chi connectivity index (χ4n) is 8.99. The normalized spacial score (nSPS) is 40.4. The van der Waals surface area contributed by atoms with E-state index in [-0.39, 0.29) is 35.6 Å². The Hall–Kier alpha value is -1.37. The first kappa shape index (κ1) is 28.6. The molecule has 7 heteroatoms. The van der Waals surface area contributed by atoms with Crippen molar-refractivity contribution in [3.8, 4) is 0 Å². The van der Waals surface area contributed by atoms with Crippen molar-refractivity contribution < 1.29 is 32.6 Å². The van der Waals surface area contributed by atoms with Crippen LogP contribution in [0.15, 0.2) is 11.6 Å². The number of aliphatic hydroxyl groups is 1. The maximum absolute atomic E-state index is 13.2. The van der Waals surface area contributed by atoms with E-state index in [0.29, 0.717) is 42.9 Å². The third-order valence-electron chi connectivity index (χ3n) is 11.4. The molecule has 0 aromatic carbocycles. The summed E-state index contributed by atoms with van der Waals surface area (Å²) in [4.78, 5) is 25.4. The largest absolute Gasteiger partial charge is 0.465 e. The van der Waals surface area contributed by atoms with Crippen LogP contribution in [0.25, 0.3) is 0 Å². The van der Waals surface area contributed by atoms with Gasteiger partial charge in [0.1, 0.15) is 11.7 Å². The molecule has 4 aliphatic carbocycles. The molecule has 0 aromatic heterocycles. The minimum Gasteiger partial charge on any atom is -0.465 e. The molecular formula is C30H45F3O4. The van der Waals surface area contributed by atoms with Crippen molar-refractivity contribution in [2.75, 3.05) is 6.61 Å². The lowest BCUT2D eigenvalue weighted by Gasteiger charge is -2.57. The maximum atomic E-state index is 13.2. The molecule has 1 N–H and O–H groups in total. The van der Waals surface area contributed by atoms with Crippen LogP contribution in [0, 0.1) is 46.3 Å². The van der Waals surface area contributed by atoms with Crippen molar-refractivity contribution in [2.45, 2.75) is 111 Å². The Morgan fingerprint density at radius 2 is 1.89 bits per heavy atom. The van der Waals surface area contributed by atoms with Crippen molar-refractivity contribution in [2.24, 2.45) is 46.3 Å². The summed E-state index contributed by atoms with van der Waals surface area (Å²) in [7, 11) is 0. The van der Waals surface area contributed by atoms with Crippen LogP contribution in [-0.2, 0) is 14.3 Å². The van der Waals surface area contributed by atoms with Crippen LogP contribution < -0.4 is 0 Å². The lowest BCUT2D eigenvalue weighted by molar-refractivity contribution is -0.256. The summed E-state index contributed by atoms with van der Waals surface area (Å²) in [6.07, 6.45) is 4.61. The average Bonchev–Trinajstić information content (AvgIpc) is 3.10. The first-order valence-corrected chi connectivity index (χ1v) is 14.3. The number of halogens is 3. The number of hydrogen-bond acceptors (Lipinski definition) is 4. The van der Waals surface area contributed by atoms with E-state index >= 15 is 0 Å². The van der Waals surface area contributed by atoms with Gasteiger partial charge in [-0.1, -0.05) is 32.4 Å². The van der Waals surface area contributed by atoms with E-state index in [1.165, 1.54) is 5.57 Å². The number of allylic oxidation sites excluding steroid dienone is 2. The number of carbonyl (C=O) groups is 2. The maximum Gasteiger partial charge on any atom is 0.416 e. The predicted octanol–water partition coefficient (Wildman–Crippen LogP) is 7.04. The molecule has 0 aliphatic heterocycles. The Morgan fingerprint density at radius 3 is 2.54 bits per heavy atom. The second-order valence-corrected chi connectivity index (χ2v) is 13.3. The highest BCUT2D eigenvalue weighted by Crippen LogP contribution is 2.67. The van der Waals surface area contributed by atoms with Crippen LogP contribution in [-0.4, -0.2) is 35.2 Å². The summed E-state index contributed by atoms with van der Waals surface area (Å²) in [5, 5.41) is 9.97. The number of rotatable bonds is 6. The Labute approximate surface area is 219 Å². The highest BCUT2D eigenvalue weighted by atomic mass is 19.4. The highest BCUT2D eigenvalue weighted by Gasteiger charge is 2.59. The Balaban J connectivity index is 1.51. The molecule has 37 heavy (non-hydrogen) atoms. The molecule has 0 spiro atoms. The number of alkyl halides is 3. The van der Waals surface area contributed by atoms with Crippen LogP contribution >= 0.6 is 0 Å². The van der Waals surface area contributed by atoms with Gasteiger partial charge in [0.15, 0.2) is 5.60 Å². The molecule has 0 aromatic rings. The SMILES string of the molecule is CCOC(=O)C1CC2=CC[C@@H]3[C@H](CC[C@]4(C)C([C@H](C)CCC(C)(O)C(F)(F)F)CC[C@@H]34)[C@@]2(C)CCC1=O. The fraction of sp³-hybridized carbons (Fsp3) is 0.867. The predicted molar refractivity (Wildman–Crippen MR) is 135 cm³/mol. The smallest absolute Gasteiger partial charge is 0.416 e. The summed E-state index contributed by atoms with van der Waals surface area (Å²) in [6, 6.07) is 0. The second kappa shape index (κ2) is 9.98. The van der Waals surface area contributed by atoms with Gasteiger partial charge in [-0.05, 0) is 112 Å². The van der Waals surface area contributed by atoms with Gasteiger partial charge in [-0.3, -0.25) is 9.59 Å². The van der Waals surface area contributed by atoms with Gasteiger partial charge in [-0.15, -0.1) is 0 Å². The van der Waals surface area contributed by atoms with Gasteiger partial charge in [0.05, 0.1) is 6.61 Å². The van der Waals surface area contributed by atoms with Crippen molar-refractivity contribution in [3.63, 3.8) is 0 Å². The number of ether oxygens (including phenoxy) is 1. The van der Waals surface area contributed by atoms with Crippen LogP contribution in [0.3, 0.4) is 0 Å². The summed E-state index contributed by atoms with van der Waals surface area (Å²) in [5.74, 6) is 0.845. The molecule has 0 amide bonds. The summed E-state index contributed by atoms with van der Waals surface area (Å²) in [6.45, 7) is 9.66. The minimum atomic E-state index is -4.61. The van der Waals surface area contributed by atoms with Gasteiger partial charge in [-0.25, -0.2) is 0 Å². The molecule has 0 radical (unpaired) electrons. The first-order chi connectivity index (χ1) is 17.2. The molecule has 0 bridgehead atoms. The van der Waals surface area contributed by atoms with Gasteiger partial charge >= 0.3 is 12.1 Å². The standard InChI is InChI=1S/C30H45F3O4/c1-6-37-26(35)21-17-19-7-8-20-23-10-9-22(18(2)11-16-29(5,36)30(31,32)33)28(23,4)14-12-24(20)27(19,3)15-13-25(21)34/h7,18,20-24,36H,6,8-17H2,1-5H3/t18-,20+,21?,22?,23+,24+,27+,28-,29?/m1/s1. The highest BCUT2D eigenvalue weighted by molar-refractivity contribution is 5.99. The van der Waals surface area contributed by atoms with E-state index in [4.69, 9.17) is 4.74 Å². The first-order valence-electron chi connectivity index (χ1n) is 14.3. The van der Waals surface area contributed by atoms with Crippen molar-refractivity contribution >= 4 is 11.8 Å². The Morgan fingerprint density at radius 1 is 1.19 bits per heavy atom. The summed E-state index contributed by atoms with van der Waals surface area (Å²) in [5.41, 5.74) is -1.41. The summed E-state index contributed by atoms with van der Waals surface area (Å²) < 4.78 is 44.9. The van der Waals surface area contributed by atoms with Gasteiger partial charge < -0.3 is 9.84 Å². The van der Waals surface area contributed by atoms with E-state index in [1.807, 2.05) is 0 Å². The van der Waals surface area contributed by atoms with Gasteiger partial charge in [0, 0.05) is 6.42 Å². The van der Waals surface area contributed by atoms with Crippen molar-refractivity contribution in [1.82, 2.24) is 0 Å². The molecule has 4 nitrogen and oxygen atoms in total. The van der Waals surface area contributed by atoms with E-state index in [1.54, 1.807) is 6.92 Å². The zero-order chi connectivity index (χ0) is 27.4. The zero-order valence-electron chi connectivity index (χ0n) is 23.1. The Bertz CT molecular complexity index is 924. The molecule has 9 atom stereocenters. The van der Waals surface area contributed by atoms with Crippen LogP contribution in [0.2, 0.25) is 0 Å². The van der Waals surface area contributed by atoms with Gasteiger partial charge in [0.25, 0.3) is 0 Å². The quantitative estimate of drug-likeness (QED) is 0.229. The molecule has 210 valence electrons. The van der Waals surface area contributed by atoms with Crippen LogP contribution in [0.4, 0.5) is 13.2 Å². The second-order valence-electron chi connectivity index (χ2n) is 13.3. The fourth-order valence-corrected chi connectivity index (χ4v) is 8.99. The van der Waals surface area contributed by atoms with E-state index in [9.17, 15) is 27.9 Å². The van der Waals surface area contributed by atoms with Crippen LogP contribution in [0.5, 0.6) is 0 Å². The van der Waals surface area contributed by atoms with Crippen molar-refractivity contribution in [1.29, 1.82) is 0 Å². The molecule has 4 aliphatic rings. The zero-order valence-corrected chi connectivity index (χ0v) is 23.1. The third-order valence-corrected chi connectivity index (χ3v) is 11.4. The molecule has 3 saturated carbocycles. The van der Waals surface area contributed by atoms with Crippen molar-refractivity contribution in [3.05, 3.63) is 11.6 Å². The van der Waals surface area contributed by atoms with E-state index in [0.717, 1.165) is 45.4 Å². The lowest BCUT2D eigenvalue weighted by atomic mass is 9.48. The molecule has 4 rings (SSSR count). The van der Waals surface area contributed by atoms with Gasteiger partial charge in [-0.2, -0.15) is 13.2 Å². The number of hydrogen-bond donors (Lipinski definition) is 1.